The Labute approximate surface area is 134 Å². The summed E-state index contributed by atoms with van der Waals surface area (Å²) in [5.74, 6) is 0.299. The second kappa shape index (κ2) is 8.12. The minimum atomic E-state index is -0.400. The third-order valence-electron chi connectivity index (χ3n) is 3.25. The Kier molecular flexibility index (Phi) is 5.91. The number of amides is 1. The molecule has 0 fully saturated rings. The molecule has 23 heavy (non-hydrogen) atoms. The minimum Gasteiger partial charge on any atom is -0.494 e. The number of carbonyl (C=O) groups excluding carboxylic acids is 1. The number of methoxy groups -OCH3 is 1. The molecular formula is C17H20FN3O2. The van der Waals surface area contributed by atoms with E-state index in [-0.39, 0.29) is 11.7 Å². The molecule has 1 amide bonds. The van der Waals surface area contributed by atoms with Gasteiger partial charge in [0.25, 0.3) is 5.91 Å². The molecular weight excluding hydrogens is 297 g/mol. The Morgan fingerprint density at radius 2 is 2.13 bits per heavy atom. The first kappa shape index (κ1) is 16.7. The third-order valence-corrected chi connectivity index (χ3v) is 3.25. The maximum atomic E-state index is 13.6. The van der Waals surface area contributed by atoms with Crippen molar-refractivity contribution in [3.63, 3.8) is 0 Å². The molecule has 0 radical (unpaired) electrons. The van der Waals surface area contributed by atoms with Gasteiger partial charge in [-0.15, -0.1) is 0 Å². The molecule has 0 aliphatic heterocycles. The summed E-state index contributed by atoms with van der Waals surface area (Å²) in [4.78, 5) is 16.0. The molecule has 0 aliphatic rings. The van der Waals surface area contributed by atoms with Crippen molar-refractivity contribution in [3.8, 4) is 5.75 Å². The Hall–Kier alpha value is -2.63. The number of nitrogens with zero attached hydrogens (tertiary/aromatic N) is 1. The average Bonchev–Trinajstić information content (AvgIpc) is 2.58. The van der Waals surface area contributed by atoms with Crippen LogP contribution in [0, 0.1) is 5.82 Å². The largest absolute Gasteiger partial charge is 0.494 e. The lowest BCUT2D eigenvalue weighted by Gasteiger charge is -2.08. The topological polar surface area (TPSA) is 63.2 Å². The summed E-state index contributed by atoms with van der Waals surface area (Å²) < 4.78 is 18.5. The number of benzene rings is 1. The highest BCUT2D eigenvalue weighted by molar-refractivity contribution is 5.93. The fourth-order valence-electron chi connectivity index (χ4n) is 1.99. The van der Waals surface area contributed by atoms with E-state index < -0.39 is 5.82 Å². The molecule has 0 spiro atoms. The molecule has 0 saturated heterocycles. The summed E-state index contributed by atoms with van der Waals surface area (Å²) in [5, 5.41) is 5.87. The Morgan fingerprint density at radius 3 is 2.74 bits per heavy atom. The van der Waals surface area contributed by atoms with Crippen LogP contribution in [0.3, 0.4) is 0 Å². The summed E-state index contributed by atoms with van der Waals surface area (Å²) in [7, 11) is 1.43. The van der Waals surface area contributed by atoms with Crippen molar-refractivity contribution in [2.75, 3.05) is 19.0 Å². The van der Waals surface area contributed by atoms with Crippen LogP contribution in [0.5, 0.6) is 5.75 Å². The van der Waals surface area contributed by atoms with Gasteiger partial charge in [-0.05, 0) is 36.2 Å². The zero-order valence-corrected chi connectivity index (χ0v) is 13.2. The summed E-state index contributed by atoms with van der Waals surface area (Å²) in [6.45, 7) is 3.06. The number of anilines is 1. The molecule has 122 valence electrons. The van der Waals surface area contributed by atoms with Crippen molar-refractivity contribution in [2.45, 2.75) is 19.9 Å². The Balaban J connectivity index is 1.93. The third kappa shape index (κ3) is 4.67. The number of hydrogen-bond acceptors (Lipinski definition) is 4. The van der Waals surface area contributed by atoms with Crippen molar-refractivity contribution < 1.29 is 13.9 Å². The van der Waals surface area contributed by atoms with Crippen LogP contribution in [-0.2, 0) is 6.54 Å². The number of nitrogens with one attached hydrogen (secondary N) is 2. The number of aromatic nitrogens is 1. The highest BCUT2D eigenvalue weighted by Gasteiger charge is 2.06. The standard InChI is InChI=1S/C17H20FN3O2/c1-3-8-19-17(22)13-5-7-16(21-11-13)20-10-12-4-6-15(23-2)14(18)9-12/h4-7,9,11H,3,8,10H2,1-2H3,(H,19,22)(H,20,21). The lowest BCUT2D eigenvalue weighted by atomic mass is 10.2. The fraction of sp³-hybridized carbons (Fsp3) is 0.294. The minimum absolute atomic E-state index is 0.136. The predicted octanol–water partition coefficient (Wildman–Crippen LogP) is 2.98. The molecule has 6 heteroatoms. The van der Waals surface area contributed by atoms with Crippen molar-refractivity contribution in [2.24, 2.45) is 0 Å². The number of pyridine rings is 1. The number of halogens is 1. The van der Waals surface area contributed by atoms with E-state index >= 15 is 0 Å². The van der Waals surface area contributed by atoms with Crippen molar-refractivity contribution in [3.05, 3.63) is 53.5 Å². The molecule has 0 bridgehead atoms. The molecule has 2 aromatic rings. The molecule has 0 atom stereocenters. The second-order valence-electron chi connectivity index (χ2n) is 5.01. The molecule has 0 saturated carbocycles. The number of ether oxygens (including phenoxy) is 1. The normalized spacial score (nSPS) is 10.2. The number of rotatable bonds is 7. The van der Waals surface area contributed by atoms with Crippen molar-refractivity contribution in [1.82, 2.24) is 10.3 Å². The van der Waals surface area contributed by atoms with Gasteiger partial charge in [-0.3, -0.25) is 4.79 Å². The first-order valence-electron chi connectivity index (χ1n) is 7.44. The van der Waals surface area contributed by atoms with E-state index in [4.69, 9.17) is 4.74 Å². The predicted molar refractivity (Wildman–Crippen MR) is 87.1 cm³/mol. The highest BCUT2D eigenvalue weighted by atomic mass is 19.1. The van der Waals surface area contributed by atoms with Crippen LogP contribution in [0.4, 0.5) is 10.2 Å². The zero-order chi connectivity index (χ0) is 16.7. The van der Waals surface area contributed by atoms with Crippen LogP contribution in [0.25, 0.3) is 0 Å². The lowest BCUT2D eigenvalue weighted by molar-refractivity contribution is 0.0953. The lowest BCUT2D eigenvalue weighted by Crippen LogP contribution is -2.24. The van der Waals surface area contributed by atoms with Gasteiger partial charge in [-0.2, -0.15) is 0 Å². The van der Waals surface area contributed by atoms with Gasteiger partial charge in [0.15, 0.2) is 11.6 Å². The van der Waals surface area contributed by atoms with Crippen LogP contribution in [-0.4, -0.2) is 24.5 Å². The summed E-state index contributed by atoms with van der Waals surface area (Å²) in [5.41, 5.74) is 1.29. The quantitative estimate of drug-likeness (QED) is 0.824. The van der Waals surface area contributed by atoms with E-state index in [1.54, 1.807) is 24.3 Å². The smallest absolute Gasteiger partial charge is 0.252 e. The van der Waals surface area contributed by atoms with E-state index in [0.717, 1.165) is 12.0 Å². The first-order chi connectivity index (χ1) is 11.1. The van der Waals surface area contributed by atoms with Gasteiger partial charge in [-0.25, -0.2) is 9.37 Å². The average molecular weight is 317 g/mol. The van der Waals surface area contributed by atoms with Gasteiger partial charge < -0.3 is 15.4 Å². The second-order valence-corrected chi connectivity index (χ2v) is 5.01. The van der Waals surface area contributed by atoms with Crippen LogP contribution in [0.1, 0.15) is 29.3 Å². The molecule has 1 heterocycles. The maximum Gasteiger partial charge on any atom is 0.252 e. The van der Waals surface area contributed by atoms with Gasteiger partial charge in [0.05, 0.1) is 12.7 Å². The summed E-state index contributed by atoms with van der Waals surface area (Å²) >= 11 is 0. The van der Waals surface area contributed by atoms with Crippen LogP contribution >= 0.6 is 0 Å². The molecule has 1 aromatic heterocycles. The number of hydrogen-bond donors (Lipinski definition) is 2. The molecule has 2 rings (SSSR count). The summed E-state index contributed by atoms with van der Waals surface area (Å²) in [6.07, 6.45) is 2.40. The van der Waals surface area contributed by atoms with Gasteiger partial charge >= 0.3 is 0 Å². The fourth-order valence-corrected chi connectivity index (χ4v) is 1.99. The zero-order valence-electron chi connectivity index (χ0n) is 13.2. The van der Waals surface area contributed by atoms with Gasteiger partial charge in [0, 0.05) is 19.3 Å². The SMILES string of the molecule is CCCNC(=O)c1ccc(NCc2ccc(OC)c(F)c2)nc1. The number of carbonyl (C=O) groups is 1. The van der Waals surface area contributed by atoms with Gasteiger partial charge in [0.1, 0.15) is 5.82 Å². The van der Waals surface area contributed by atoms with Crippen LogP contribution in [0.15, 0.2) is 36.5 Å². The summed E-state index contributed by atoms with van der Waals surface area (Å²) in [6, 6.07) is 8.20. The highest BCUT2D eigenvalue weighted by Crippen LogP contribution is 2.18. The van der Waals surface area contributed by atoms with Gasteiger partial charge in [0.2, 0.25) is 0 Å². The van der Waals surface area contributed by atoms with Crippen LogP contribution < -0.4 is 15.4 Å². The molecule has 1 aromatic carbocycles. The van der Waals surface area contributed by atoms with Gasteiger partial charge in [-0.1, -0.05) is 13.0 Å². The molecule has 0 unspecified atom stereocenters. The Morgan fingerprint density at radius 1 is 1.30 bits per heavy atom. The molecule has 5 nitrogen and oxygen atoms in total. The maximum absolute atomic E-state index is 13.6. The molecule has 0 aliphatic carbocycles. The van der Waals surface area contributed by atoms with Crippen molar-refractivity contribution >= 4 is 11.7 Å². The Bertz CT molecular complexity index is 659. The van der Waals surface area contributed by atoms with E-state index in [2.05, 4.69) is 15.6 Å². The van der Waals surface area contributed by atoms with E-state index in [1.165, 1.54) is 19.4 Å². The van der Waals surface area contributed by atoms with E-state index in [0.29, 0.717) is 24.5 Å². The van der Waals surface area contributed by atoms with Crippen molar-refractivity contribution in [1.29, 1.82) is 0 Å². The van der Waals surface area contributed by atoms with E-state index in [9.17, 15) is 9.18 Å². The molecule has 2 N–H and O–H groups in total. The first-order valence-corrected chi connectivity index (χ1v) is 7.44. The van der Waals surface area contributed by atoms with E-state index in [1.807, 2.05) is 6.92 Å². The van der Waals surface area contributed by atoms with Crippen LogP contribution in [0.2, 0.25) is 0 Å². The monoisotopic (exact) mass is 317 g/mol.